The van der Waals surface area contributed by atoms with E-state index in [0.29, 0.717) is 16.3 Å². The quantitative estimate of drug-likeness (QED) is 0.541. The monoisotopic (exact) mass is 315 g/mol. The van der Waals surface area contributed by atoms with Crippen molar-refractivity contribution in [3.05, 3.63) is 24.0 Å². The van der Waals surface area contributed by atoms with Crippen LogP contribution in [0, 0.1) is 0 Å². The molecule has 2 aliphatic rings. The lowest BCUT2D eigenvalue weighted by Gasteiger charge is -2.21. The standard InChI is InChI=1S/C10H12N4O6S/c15-6-7-2-11-13(3-7)8-1-9-5-12(4-8)10(16)14(9)20-21(17,18)19/h1-3,9,15H,4-6H2,(H,17,18,19)/p-1. The van der Waals surface area contributed by atoms with Gasteiger partial charge in [0.2, 0.25) is 10.4 Å². The summed E-state index contributed by atoms with van der Waals surface area (Å²) in [5.74, 6) is 0. The highest BCUT2D eigenvalue weighted by molar-refractivity contribution is 7.80. The number of aromatic nitrogens is 2. The van der Waals surface area contributed by atoms with Gasteiger partial charge in [0.25, 0.3) is 0 Å². The van der Waals surface area contributed by atoms with Crippen molar-refractivity contribution in [2.45, 2.75) is 12.6 Å². The largest absolute Gasteiger partial charge is 0.724 e. The molecule has 21 heavy (non-hydrogen) atoms. The molecule has 0 aromatic carbocycles. The lowest BCUT2D eigenvalue weighted by Crippen LogP contribution is -2.35. The molecule has 3 heterocycles. The number of nitrogens with zero attached hydrogens (tertiary/aromatic N) is 4. The molecule has 2 aliphatic heterocycles. The number of hydrogen-bond acceptors (Lipinski definition) is 7. The van der Waals surface area contributed by atoms with Crippen LogP contribution in [0.2, 0.25) is 0 Å². The van der Waals surface area contributed by atoms with Gasteiger partial charge >= 0.3 is 6.03 Å². The molecule has 0 saturated carbocycles. The first-order valence-electron chi connectivity index (χ1n) is 5.96. The second-order valence-corrected chi connectivity index (χ2v) is 5.61. The number of fused-ring (bicyclic) bond motifs is 2. The molecule has 1 N–H and O–H groups in total. The Labute approximate surface area is 119 Å². The van der Waals surface area contributed by atoms with E-state index in [0.717, 1.165) is 0 Å². The summed E-state index contributed by atoms with van der Waals surface area (Å²) in [6, 6.07) is -1.38. The molecule has 0 spiro atoms. The van der Waals surface area contributed by atoms with Crippen LogP contribution in [0.15, 0.2) is 18.5 Å². The van der Waals surface area contributed by atoms with Crippen LogP contribution in [0.5, 0.6) is 0 Å². The van der Waals surface area contributed by atoms with E-state index >= 15 is 0 Å². The zero-order valence-electron chi connectivity index (χ0n) is 10.6. The first-order chi connectivity index (χ1) is 9.87. The topological polar surface area (TPSA) is 128 Å². The van der Waals surface area contributed by atoms with Gasteiger partial charge in [-0.25, -0.2) is 17.9 Å². The fraction of sp³-hybridized carbons (Fsp3) is 0.400. The second kappa shape index (κ2) is 4.80. The predicted molar refractivity (Wildman–Crippen MR) is 65.8 cm³/mol. The number of carbonyl (C=O) groups is 1. The van der Waals surface area contributed by atoms with E-state index in [9.17, 15) is 17.8 Å². The number of hydrogen-bond donors (Lipinski definition) is 1. The molecule has 2 amide bonds. The molecule has 1 aromatic heterocycles. The Kier molecular flexibility index (Phi) is 3.20. The van der Waals surface area contributed by atoms with E-state index < -0.39 is 22.5 Å². The van der Waals surface area contributed by atoms with Crippen LogP contribution < -0.4 is 0 Å². The van der Waals surface area contributed by atoms with E-state index in [-0.39, 0.29) is 19.7 Å². The summed E-state index contributed by atoms with van der Waals surface area (Å²) >= 11 is 0. The van der Waals surface area contributed by atoms with E-state index in [1.165, 1.54) is 15.8 Å². The Morgan fingerprint density at radius 1 is 1.52 bits per heavy atom. The van der Waals surface area contributed by atoms with Gasteiger partial charge in [-0.3, -0.25) is 0 Å². The molecule has 1 unspecified atom stereocenters. The lowest BCUT2D eigenvalue weighted by molar-refractivity contribution is -0.0195. The van der Waals surface area contributed by atoms with Crippen LogP contribution in [0.25, 0.3) is 5.70 Å². The number of rotatable bonds is 4. The third-order valence-electron chi connectivity index (χ3n) is 3.19. The van der Waals surface area contributed by atoms with Crippen molar-refractivity contribution in [1.29, 1.82) is 0 Å². The van der Waals surface area contributed by atoms with Gasteiger partial charge in [0.1, 0.15) is 6.04 Å². The van der Waals surface area contributed by atoms with Gasteiger partial charge in [-0.1, -0.05) is 0 Å². The van der Waals surface area contributed by atoms with Crippen molar-refractivity contribution in [3.63, 3.8) is 0 Å². The molecule has 114 valence electrons. The fourth-order valence-electron chi connectivity index (χ4n) is 2.32. The molecular formula is C10H11N4O6S-. The number of aliphatic hydroxyl groups is 1. The number of carbonyl (C=O) groups excluding carboxylic acids is 1. The first kappa shape index (κ1) is 14.0. The highest BCUT2D eigenvalue weighted by atomic mass is 32.3. The fourth-order valence-corrected chi connectivity index (χ4v) is 2.69. The van der Waals surface area contributed by atoms with Gasteiger partial charge in [0.05, 0.1) is 25.0 Å². The number of aliphatic hydroxyl groups excluding tert-OH is 1. The van der Waals surface area contributed by atoms with Gasteiger partial charge < -0.3 is 14.6 Å². The Morgan fingerprint density at radius 3 is 2.90 bits per heavy atom. The maximum absolute atomic E-state index is 11.9. The van der Waals surface area contributed by atoms with Gasteiger partial charge in [-0.15, -0.1) is 0 Å². The lowest BCUT2D eigenvalue weighted by atomic mass is 10.2. The SMILES string of the molecule is O=C1N2CC(n3cc(CO)cn3)=CC(C2)N1OS(=O)(=O)[O-]. The molecule has 1 aromatic rings. The number of urea groups is 1. The van der Waals surface area contributed by atoms with Crippen molar-refractivity contribution in [2.24, 2.45) is 0 Å². The molecule has 11 heteroatoms. The van der Waals surface area contributed by atoms with Crippen LogP contribution in [0.1, 0.15) is 5.56 Å². The average Bonchev–Trinajstić information content (AvgIpc) is 2.97. The summed E-state index contributed by atoms with van der Waals surface area (Å²) in [6.45, 7) is 0.260. The van der Waals surface area contributed by atoms with Gasteiger partial charge in [0, 0.05) is 18.3 Å². The Hall–Kier alpha value is -1.95. The molecule has 2 bridgehead atoms. The average molecular weight is 315 g/mol. The molecule has 1 saturated heterocycles. The zero-order chi connectivity index (χ0) is 15.2. The van der Waals surface area contributed by atoms with E-state index in [1.807, 2.05) is 0 Å². The van der Waals surface area contributed by atoms with Crippen LogP contribution in [-0.2, 0) is 21.3 Å². The molecular weight excluding hydrogens is 304 g/mol. The molecule has 0 radical (unpaired) electrons. The van der Waals surface area contributed by atoms with E-state index in [1.54, 1.807) is 12.3 Å². The summed E-state index contributed by atoms with van der Waals surface area (Å²) in [5.41, 5.74) is 1.22. The van der Waals surface area contributed by atoms with Crippen LogP contribution in [0.3, 0.4) is 0 Å². The predicted octanol–water partition coefficient (Wildman–Crippen LogP) is -1.27. The summed E-state index contributed by atoms with van der Waals surface area (Å²) in [6.07, 6.45) is 4.67. The Balaban J connectivity index is 1.88. The van der Waals surface area contributed by atoms with Crippen molar-refractivity contribution < 1.29 is 27.2 Å². The van der Waals surface area contributed by atoms with E-state index in [4.69, 9.17) is 5.11 Å². The first-order valence-corrected chi connectivity index (χ1v) is 7.30. The minimum Gasteiger partial charge on any atom is -0.724 e. The van der Waals surface area contributed by atoms with Crippen molar-refractivity contribution in [1.82, 2.24) is 19.7 Å². The highest BCUT2D eigenvalue weighted by Gasteiger charge is 2.42. The normalized spacial score (nSPS) is 21.9. The molecule has 1 atom stereocenters. The van der Waals surface area contributed by atoms with E-state index in [2.05, 4.69) is 9.38 Å². The Bertz CT molecular complexity index is 711. The minimum atomic E-state index is -5.02. The minimum absolute atomic E-state index is 0.164. The molecule has 0 aliphatic carbocycles. The van der Waals surface area contributed by atoms with Gasteiger partial charge in [-0.05, 0) is 6.08 Å². The third kappa shape index (κ3) is 2.63. The molecule has 3 rings (SSSR count). The molecule has 1 fully saturated rings. The summed E-state index contributed by atoms with van der Waals surface area (Å²) in [7, 11) is -5.02. The van der Waals surface area contributed by atoms with Gasteiger partial charge in [-0.2, -0.15) is 14.4 Å². The Morgan fingerprint density at radius 2 is 2.29 bits per heavy atom. The van der Waals surface area contributed by atoms with Crippen LogP contribution >= 0.6 is 0 Å². The molecule has 10 nitrogen and oxygen atoms in total. The van der Waals surface area contributed by atoms with Crippen LogP contribution in [0.4, 0.5) is 4.79 Å². The summed E-state index contributed by atoms with van der Waals surface area (Å²) in [5, 5.41) is 13.6. The van der Waals surface area contributed by atoms with Crippen molar-refractivity contribution in [3.8, 4) is 0 Å². The maximum Gasteiger partial charge on any atom is 0.346 e. The van der Waals surface area contributed by atoms with Crippen LogP contribution in [-0.4, -0.2) is 63.0 Å². The van der Waals surface area contributed by atoms with Gasteiger partial charge in [0.15, 0.2) is 0 Å². The highest BCUT2D eigenvalue weighted by Crippen LogP contribution is 2.27. The maximum atomic E-state index is 11.9. The van der Waals surface area contributed by atoms with Crippen molar-refractivity contribution in [2.75, 3.05) is 13.1 Å². The second-order valence-electron chi connectivity index (χ2n) is 4.65. The number of hydroxylamine groups is 2. The summed E-state index contributed by atoms with van der Waals surface area (Å²) in [4.78, 5) is 13.3. The zero-order valence-corrected chi connectivity index (χ0v) is 11.4. The van der Waals surface area contributed by atoms with Crippen molar-refractivity contribution >= 4 is 22.1 Å². The smallest absolute Gasteiger partial charge is 0.346 e. The third-order valence-corrected chi connectivity index (χ3v) is 3.53. The summed E-state index contributed by atoms with van der Waals surface area (Å²) < 4.78 is 37.6. The number of amides is 2.